The van der Waals surface area contributed by atoms with Crippen molar-refractivity contribution in [2.45, 2.75) is 18.9 Å². The minimum atomic E-state index is -0.431. The van der Waals surface area contributed by atoms with Gasteiger partial charge in [-0.1, -0.05) is 24.3 Å². The fourth-order valence-electron chi connectivity index (χ4n) is 5.40. The molecule has 2 atom stereocenters. The van der Waals surface area contributed by atoms with Crippen LogP contribution in [-0.2, 0) is 17.6 Å². The number of para-hydroxylation sites is 1. The molecule has 0 radical (unpaired) electrons. The smallest absolute Gasteiger partial charge is 0.269 e. The van der Waals surface area contributed by atoms with Crippen molar-refractivity contribution in [2.75, 3.05) is 43.1 Å². The summed E-state index contributed by atoms with van der Waals surface area (Å²) < 4.78 is 19.8. The number of hydrogen-bond donors (Lipinski definition) is 1. The van der Waals surface area contributed by atoms with Crippen LogP contribution in [0.25, 0.3) is 0 Å². The van der Waals surface area contributed by atoms with E-state index in [4.69, 9.17) is 4.74 Å². The number of anilines is 2. The number of amides is 1. The number of non-ortho nitro benzene ring substituents is 1. The molecule has 0 aromatic heterocycles. The third kappa shape index (κ3) is 5.07. The molecule has 0 saturated carbocycles. The number of carbonyl (C=O) groups is 1. The fraction of sp³-hybridized carbons (Fsp3) is 0.321. The van der Waals surface area contributed by atoms with Gasteiger partial charge in [-0.25, -0.2) is 4.39 Å². The molecular weight excluding hydrogens is 475 g/mol. The van der Waals surface area contributed by atoms with Gasteiger partial charge in [-0.05, 0) is 54.3 Å². The monoisotopic (exact) mass is 504 g/mol. The first-order valence-corrected chi connectivity index (χ1v) is 12.4. The Labute approximate surface area is 214 Å². The summed E-state index contributed by atoms with van der Waals surface area (Å²) >= 11 is 0. The van der Waals surface area contributed by atoms with E-state index in [1.807, 2.05) is 35.2 Å². The molecule has 1 N–H and O–H groups in total. The van der Waals surface area contributed by atoms with E-state index < -0.39 is 10.8 Å². The molecule has 3 aromatic rings. The van der Waals surface area contributed by atoms with Crippen LogP contribution in [0.3, 0.4) is 0 Å². The third-order valence-corrected chi connectivity index (χ3v) is 7.31. The highest BCUT2D eigenvalue weighted by Crippen LogP contribution is 2.39. The summed E-state index contributed by atoms with van der Waals surface area (Å²) in [6.45, 7) is 2.11. The molecule has 9 heteroatoms. The van der Waals surface area contributed by atoms with Crippen molar-refractivity contribution >= 4 is 23.0 Å². The molecule has 0 bridgehead atoms. The highest BCUT2D eigenvalue weighted by molar-refractivity contribution is 5.82. The van der Waals surface area contributed by atoms with Crippen molar-refractivity contribution in [3.8, 4) is 5.75 Å². The number of nitrogens with zero attached hydrogens (tertiary/aromatic N) is 3. The predicted octanol–water partition coefficient (Wildman–Crippen LogP) is 3.97. The summed E-state index contributed by atoms with van der Waals surface area (Å²) in [6, 6.07) is 19.1. The van der Waals surface area contributed by atoms with Gasteiger partial charge in [0, 0.05) is 44.0 Å². The number of nitro groups is 1. The number of ether oxygens (including phenoxy) is 1. The maximum Gasteiger partial charge on any atom is 0.269 e. The van der Waals surface area contributed by atoms with Crippen LogP contribution in [0.2, 0.25) is 0 Å². The summed E-state index contributed by atoms with van der Waals surface area (Å²) in [4.78, 5) is 28.6. The Morgan fingerprint density at radius 2 is 1.89 bits per heavy atom. The quantitative estimate of drug-likeness (QED) is 0.387. The number of methoxy groups -OCH3 is 1. The van der Waals surface area contributed by atoms with Crippen LogP contribution in [0, 0.1) is 21.8 Å². The molecule has 3 aromatic carbocycles. The fourth-order valence-corrected chi connectivity index (χ4v) is 5.40. The highest BCUT2D eigenvalue weighted by atomic mass is 19.1. The first-order chi connectivity index (χ1) is 17.9. The lowest BCUT2D eigenvalue weighted by atomic mass is 9.83. The Bertz CT molecular complexity index is 1300. The number of benzene rings is 3. The first kappa shape index (κ1) is 24.5. The van der Waals surface area contributed by atoms with Gasteiger partial charge in [0.1, 0.15) is 11.6 Å². The molecule has 2 aliphatic rings. The van der Waals surface area contributed by atoms with Crippen LogP contribution >= 0.6 is 0 Å². The number of rotatable bonds is 7. The van der Waals surface area contributed by atoms with E-state index in [1.54, 1.807) is 31.4 Å². The van der Waals surface area contributed by atoms with Gasteiger partial charge in [0.25, 0.3) is 5.69 Å². The number of nitro benzene ring substituents is 1. The summed E-state index contributed by atoms with van der Waals surface area (Å²) in [6.07, 6.45) is 1.05. The highest BCUT2D eigenvalue weighted by Gasteiger charge is 2.42. The molecule has 1 fully saturated rings. The zero-order valence-corrected chi connectivity index (χ0v) is 20.6. The van der Waals surface area contributed by atoms with Crippen LogP contribution in [0.15, 0.2) is 66.7 Å². The molecule has 1 saturated heterocycles. The van der Waals surface area contributed by atoms with Gasteiger partial charge in [-0.15, -0.1) is 0 Å². The van der Waals surface area contributed by atoms with Gasteiger partial charge in [-0.2, -0.15) is 0 Å². The number of hydrogen-bond acceptors (Lipinski definition) is 6. The molecule has 0 spiro atoms. The summed E-state index contributed by atoms with van der Waals surface area (Å²) in [5.74, 6) is -0.0428. The van der Waals surface area contributed by atoms with Gasteiger partial charge in [0.05, 0.1) is 29.7 Å². The first-order valence-electron chi connectivity index (χ1n) is 12.4. The van der Waals surface area contributed by atoms with Gasteiger partial charge >= 0.3 is 0 Å². The van der Waals surface area contributed by atoms with Crippen LogP contribution in [0.5, 0.6) is 5.75 Å². The lowest BCUT2D eigenvalue weighted by Crippen LogP contribution is -2.61. The molecular formula is C28H29FN4O4. The molecule has 37 heavy (non-hydrogen) atoms. The van der Waals surface area contributed by atoms with E-state index in [1.165, 1.54) is 12.1 Å². The average molecular weight is 505 g/mol. The van der Waals surface area contributed by atoms with Gasteiger partial charge in [0.2, 0.25) is 5.91 Å². The molecule has 2 heterocycles. The van der Waals surface area contributed by atoms with Crippen molar-refractivity contribution in [3.05, 3.63) is 93.8 Å². The van der Waals surface area contributed by atoms with Gasteiger partial charge in [0.15, 0.2) is 0 Å². The number of piperazine rings is 1. The summed E-state index contributed by atoms with van der Waals surface area (Å²) in [5.41, 5.74) is 3.32. The van der Waals surface area contributed by atoms with E-state index in [2.05, 4.69) is 10.2 Å². The van der Waals surface area contributed by atoms with Crippen LogP contribution in [-0.4, -0.2) is 50.2 Å². The second-order valence-corrected chi connectivity index (χ2v) is 9.43. The predicted molar refractivity (Wildman–Crippen MR) is 140 cm³/mol. The Balaban J connectivity index is 1.37. The lowest BCUT2D eigenvalue weighted by Gasteiger charge is -2.49. The SMILES string of the molecule is COc1ccc(CCNC(=O)C2Cc3cc([N+](=O)[O-])ccc3N3CCN(c4ccccc4F)CC23)cc1. The Morgan fingerprint density at radius 1 is 1.11 bits per heavy atom. The Hall–Kier alpha value is -4.14. The molecule has 0 aliphatic carbocycles. The van der Waals surface area contributed by atoms with Crippen molar-refractivity contribution in [2.24, 2.45) is 5.92 Å². The lowest BCUT2D eigenvalue weighted by molar-refractivity contribution is -0.384. The normalized spacial score (nSPS) is 18.5. The average Bonchev–Trinajstić information content (AvgIpc) is 2.92. The Kier molecular flexibility index (Phi) is 6.94. The van der Waals surface area contributed by atoms with Crippen LogP contribution in [0.1, 0.15) is 11.1 Å². The molecule has 192 valence electrons. The largest absolute Gasteiger partial charge is 0.497 e. The minimum Gasteiger partial charge on any atom is -0.497 e. The second kappa shape index (κ2) is 10.5. The summed E-state index contributed by atoms with van der Waals surface area (Å²) in [7, 11) is 1.62. The topological polar surface area (TPSA) is 87.9 Å². The summed E-state index contributed by atoms with van der Waals surface area (Å²) in [5, 5.41) is 14.5. The Morgan fingerprint density at radius 3 is 2.62 bits per heavy atom. The standard InChI is InChI=1S/C28H29FN4O4/c1-37-22-9-6-19(7-10-22)12-13-30-28(34)23-17-20-16-21(33(35)36)8-11-25(20)32-15-14-31(18-27(23)32)26-5-3-2-4-24(26)29/h2-11,16,23,27H,12-15,17-18H2,1H3,(H,30,34). The van der Waals surface area contributed by atoms with Crippen molar-refractivity contribution in [1.29, 1.82) is 0 Å². The minimum absolute atomic E-state index is 0.0147. The maximum absolute atomic E-state index is 14.6. The number of nitrogens with one attached hydrogen (secondary N) is 1. The van der Waals surface area contributed by atoms with E-state index in [0.29, 0.717) is 44.7 Å². The van der Waals surface area contributed by atoms with E-state index >= 15 is 0 Å². The molecule has 2 unspecified atom stereocenters. The van der Waals surface area contributed by atoms with E-state index in [-0.39, 0.29) is 23.5 Å². The second-order valence-electron chi connectivity index (χ2n) is 9.43. The molecule has 2 aliphatic heterocycles. The van der Waals surface area contributed by atoms with Crippen LogP contribution < -0.4 is 19.9 Å². The number of fused-ring (bicyclic) bond motifs is 3. The zero-order valence-electron chi connectivity index (χ0n) is 20.6. The van der Waals surface area contributed by atoms with Gasteiger partial charge < -0.3 is 19.9 Å². The van der Waals surface area contributed by atoms with Crippen molar-refractivity contribution in [1.82, 2.24) is 5.32 Å². The van der Waals surface area contributed by atoms with Crippen LogP contribution in [0.4, 0.5) is 21.5 Å². The molecule has 8 nitrogen and oxygen atoms in total. The maximum atomic E-state index is 14.6. The van der Waals surface area contributed by atoms with E-state index in [0.717, 1.165) is 22.6 Å². The number of carbonyl (C=O) groups excluding carboxylic acids is 1. The van der Waals surface area contributed by atoms with Crippen molar-refractivity contribution < 1.29 is 18.8 Å². The van der Waals surface area contributed by atoms with Crippen molar-refractivity contribution in [3.63, 3.8) is 0 Å². The number of halogens is 1. The van der Waals surface area contributed by atoms with Gasteiger partial charge in [-0.3, -0.25) is 14.9 Å². The zero-order chi connectivity index (χ0) is 25.9. The third-order valence-electron chi connectivity index (χ3n) is 7.31. The molecule has 1 amide bonds. The molecule has 5 rings (SSSR count). The van der Waals surface area contributed by atoms with E-state index in [9.17, 15) is 19.3 Å².